The lowest BCUT2D eigenvalue weighted by molar-refractivity contribution is -0.128. The minimum absolute atomic E-state index is 0.167. The molecule has 1 N–H and O–H groups in total. The zero-order valence-corrected chi connectivity index (χ0v) is 11.9. The zero-order chi connectivity index (χ0) is 12.6. The van der Waals surface area contributed by atoms with Crippen LogP contribution in [0.15, 0.2) is 6.20 Å². The van der Waals surface area contributed by atoms with Crippen molar-refractivity contribution in [2.75, 3.05) is 6.61 Å². The molecule has 4 heteroatoms. The van der Waals surface area contributed by atoms with Gasteiger partial charge in [0.1, 0.15) is 0 Å². The molecule has 1 aliphatic rings. The van der Waals surface area contributed by atoms with E-state index in [1.807, 2.05) is 6.20 Å². The molecule has 0 radical (unpaired) electrons. The minimum atomic E-state index is 0.167. The SMILES string of the molecule is CCOC1CC(n2c(CC)c[nH]c2=S)C1(C)C. The first-order chi connectivity index (χ1) is 8.02. The number of aromatic amines is 1. The first-order valence-corrected chi connectivity index (χ1v) is 6.83. The van der Waals surface area contributed by atoms with Gasteiger partial charge < -0.3 is 14.3 Å². The van der Waals surface area contributed by atoms with Crippen molar-refractivity contribution in [2.45, 2.75) is 52.7 Å². The Morgan fingerprint density at radius 3 is 2.76 bits per heavy atom. The van der Waals surface area contributed by atoms with Crippen LogP contribution in [0, 0.1) is 10.2 Å². The van der Waals surface area contributed by atoms with E-state index in [0.29, 0.717) is 12.1 Å². The van der Waals surface area contributed by atoms with E-state index in [2.05, 4.69) is 37.2 Å². The normalized spacial score (nSPS) is 26.8. The van der Waals surface area contributed by atoms with Crippen molar-refractivity contribution >= 4 is 12.2 Å². The van der Waals surface area contributed by atoms with Crippen LogP contribution in [0.25, 0.3) is 0 Å². The van der Waals surface area contributed by atoms with Crippen LogP contribution in [0.2, 0.25) is 0 Å². The van der Waals surface area contributed by atoms with E-state index >= 15 is 0 Å². The monoisotopic (exact) mass is 254 g/mol. The summed E-state index contributed by atoms with van der Waals surface area (Å²) >= 11 is 5.39. The smallest absolute Gasteiger partial charge is 0.177 e. The second kappa shape index (κ2) is 4.58. The van der Waals surface area contributed by atoms with E-state index in [1.165, 1.54) is 5.69 Å². The number of nitrogens with one attached hydrogen (secondary N) is 1. The van der Waals surface area contributed by atoms with Gasteiger partial charge in [0.2, 0.25) is 0 Å². The van der Waals surface area contributed by atoms with Crippen LogP contribution >= 0.6 is 12.2 Å². The predicted octanol–water partition coefficient (Wildman–Crippen LogP) is 3.48. The molecule has 2 atom stereocenters. The Hall–Kier alpha value is -0.610. The Bertz CT molecular complexity index is 447. The van der Waals surface area contributed by atoms with E-state index in [4.69, 9.17) is 17.0 Å². The van der Waals surface area contributed by atoms with Crippen molar-refractivity contribution in [3.05, 3.63) is 16.7 Å². The largest absolute Gasteiger partial charge is 0.378 e. The van der Waals surface area contributed by atoms with Crippen molar-refractivity contribution in [3.8, 4) is 0 Å². The maximum absolute atomic E-state index is 5.78. The summed E-state index contributed by atoms with van der Waals surface area (Å²) in [5, 5.41) is 0. The van der Waals surface area contributed by atoms with Gasteiger partial charge in [0.25, 0.3) is 0 Å². The number of rotatable bonds is 4. The van der Waals surface area contributed by atoms with Crippen LogP contribution < -0.4 is 0 Å². The van der Waals surface area contributed by atoms with Crippen LogP contribution in [0.5, 0.6) is 0 Å². The number of aromatic nitrogens is 2. The molecule has 3 nitrogen and oxygen atoms in total. The summed E-state index contributed by atoms with van der Waals surface area (Å²) in [4.78, 5) is 3.16. The summed E-state index contributed by atoms with van der Waals surface area (Å²) in [5.41, 5.74) is 1.46. The highest BCUT2D eigenvalue weighted by molar-refractivity contribution is 7.71. The first-order valence-electron chi connectivity index (χ1n) is 6.42. The van der Waals surface area contributed by atoms with Crippen LogP contribution in [0.3, 0.4) is 0 Å². The van der Waals surface area contributed by atoms with Crippen LogP contribution in [0.4, 0.5) is 0 Å². The van der Waals surface area contributed by atoms with Crippen molar-refractivity contribution in [1.82, 2.24) is 9.55 Å². The highest BCUT2D eigenvalue weighted by Gasteiger charge is 2.50. The predicted molar refractivity (Wildman–Crippen MR) is 71.8 cm³/mol. The van der Waals surface area contributed by atoms with Gasteiger partial charge in [-0.25, -0.2) is 0 Å². The zero-order valence-electron chi connectivity index (χ0n) is 11.1. The number of hydrogen-bond acceptors (Lipinski definition) is 2. The fourth-order valence-electron chi connectivity index (χ4n) is 2.82. The van der Waals surface area contributed by atoms with Gasteiger partial charge in [0.15, 0.2) is 4.77 Å². The molecule has 1 aromatic rings. The third-order valence-corrected chi connectivity index (χ3v) is 4.37. The summed E-state index contributed by atoms with van der Waals surface area (Å²) in [6, 6.07) is 0.466. The molecule has 0 spiro atoms. The maximum Gasteiger partial charge on any atom is 0.177 e. The van der Waals surface area contributed by atoms with Crippen molar-refractivity contribution < 1.29 is 4.74 Å². The Labute approximate surface area is 108 Å². The Morgan fingerprint density at radius 1 is 1.53 bits per heavy atom. The number of imidazole rings is 1. The number of nitrogens with zero attached hydrogens (tertiary/aromatic N) is 1. The lowest BCUT2D eigenvalue weighted by atomic mass is 9.64. The molecule has 2 rings (SSSR count). The molecule has 2 unspecified atom stereocenters. The van der Waals surface area contributed by atoms with Gasteiger partial charge in [-0.2, -0.15) is 0 Å². The molecule has 0 saturated heterocycles. The number of aryl methyl sites for hydroxylation is 1. The van der Waals surface area contributed by atoms with Gasteiger partial charge in [-0.05, 0) is 32.0 Å². The molecule has 0 aromatic carbocycles. The second-order valence-electron chi connectivity index (χ2n) is 5.33. The average molecular weight is 254 g/mol. The Kier molecular flexibility index (Phi) is 3.46. The van der Waals surface area contributed by atoms with E-state index < -0.39 is 0 Å². The van der Waals surface area contributed by atoms with Crippen LogP contribution in [-0.4, -0.2) is 22.3 Å². The molecule has 0 amide bonds. The highest BCUT2D eigenvalue weighted by Crippen LogP contribution is 2.51. The van der Waals surface area contributed by atoms with E-state index in [0.717, 1.165) is 24.2 Å². The van der Waals surface area contributed by atoms with Crippen molar-refractivity contribution in [1.29, 1.82) is 0 Å². The summed E-state index contributed by atoms with van der Waals surface area (Å²) in [5.74, 6) is 0. The van der Waals surface area contributed by atoms with Crippen molar-refractivity contribution in [3.63, 3.8) is 0 Å². The fraction of sp³-hybridized carbons (Fsp3) is 0.769. The third-order valence-electron chi connectivity index (χ3n) is 4.06. The number of H-pyrrole nitrogens is 1. The summed E-state index contributed by atoms with van der Waals surface area (Å²) in [6.45, 7) is 9.56. The standard InChI is InChI=1S/C13H22N2OS/c1-5-9-8-14-12(17)15(9)10-7-11(16-6-2)13(10,3)4/h8,10-11H,5-7H2,1-4H3,(H,14,17). The summed E-state index contributed by atoms with van der Waals surface area (Å²) < 4.78 is 8.90. The van der Waals surface area contributed by atoms with Crippen LogP contribution in [0.1, 0.15) is 45.9 Å². The molecule has 17 heavy (non-hydrogen) atoms. The van der Waals surface area contributed by atoms with Gasteiger partial charge in [0, 0.05) is 30.0 Å². The third kappa shape index (κ3) is 1.97. The van der Waals surface area contributed by atoms with Gasteiger partial charge in [-0.3, -0.25) is 0 Å². The number of hydrogen-bond donors (Lipinski definition) is 1. The van der Waals surface area contributed by atoms with E-state index in [-0.39, 0.29) is 5.41 Å². The topological polar surface area (TPSA) is 29.9 Å². The van der Waals surface area contributed by atoms with E-state index in [9.17, 15) is 0 Å². The minimum Gasteiger partial charge on any atom is -0.378 e. The molecule has 1 saturated carbocycles. The maximum atomic E-state index is 5.78. The van der Waals surface area contributed by atoms with Gasteiger partial charge >= 0.3 is 0 Å². The molecule has 96 valence electrons. The number of ether oxygens (including phenoxy) is 1. The summed E-state index contributed by atoms with van der Waals surface area (Å²) in [6.07, 6.45) is 4.48. The molecule has 1 aliphatic carbocycles. The molecule has 1 heterocycles. The van der Waals surface area contributed by atoms with Gasteiger partial charge in [-0.1, -0.05) is 20.8 Å². The molecular formula is C13H22N2OS. The highest BCUT2D eigenvalue weighted by atomic mass is 32.1. The molecule has 0 aliphatic heterocycles. The molecule has 0 bridgehead atoms. The average Bonchev–Trinajstić information content (AvgIpc) is 2.65. The van der Waals surface area contributed by atoms with Gasteiger partial charge in [-0.15, -0.1) is 0 Å². The molecule has 1 fully saturated rings. The van der Waals surface area contributed by atoms with Gasteiger partial charge in [0.05, 0.1) is 6.10 Å². The molecule has 1 aromatic heterocycles. The Balaban J connectivity index is 2.26. The second-order valence-corrected chi connectivity index (χ2v) is 5.71. The van der Waals surface area contributed by atoms with E-state index in [1.54, 1.807) is 0 Å². The quantitative estimate of drug-likeness (QED) is 0.834. The fourth-order valence-corrected chi connectivity index (χ4v) is 3.12. The molecular weight excluding hydrogens is 232 g/mol. The first kappa shape index (κ1) is 12.8. The Morgan fingerprint density at radius 2 is 2.24 bits per heavy atom. The lowest BCUT2D eigenvalue weighted by Crippen LogP contribution is -2.51. The van der Waals surface area contributed by atoms with Crippen LogP contribution in [-0.2, 0) is 11.2 Å². The van der Waals surface area contributed by atoms with Crippen molar-refractivity contribution in [2.24, 2.45) is 5.41 Å². The summed E-state index contributed by atoms with van der Waals surface area (Å²) in [7, 11) is 0. The lowest BCUT2D eigenvalue weighted by Gasteiger charge is -2.52.